The van der Waals surface area contributed by atoms with E-state index in [1.807, 2.05) is 30.3 Å². The summed E-state index contributed by atoms with van der Waals surface area (Å²) < 4.78 is 0. The number of thioether (sulfide) groups is 1. The maximum atomic E-state index is 10.3. The molecule has 1 N–H and O–H groups in total. The number of aliphatic hydroxyl groups is 1. The maximum absolute atomic E-state index is 10.3. The van der Waals surface area contributed by atoms with Gasteiger partial charge in [-0.25, -0.2) is 4.98 Å². The predicted molar refractivity (Wildman–Crippen MR) is 93.3 cm³/mol. The Labute approximate surface area is 135 Å². The molecule has 0 fully saturated rings. The molecule has 0 spiro atoms. The number of fused-ring (bicyclic) bond motifs is 1. The molecule has 112 valence electrons. The number of benzene rings is 2. The van der Waals surface area contributed by atoms with Gasteiger partial charge in [-0.05, 0) is 36.6 Å². The van der Waals surface area contributed by atoms with Crippen LogP contribution in [0, 0.1) is 13.8 Å². The van der Waals surface area contributed by atoms with Crippen LogP contribution in [0.15, 0.2) is 59.6 Å². The molecule has 0 saturated heterocycles. The van der Waals surface area contributed by atoms with E-state index in [4.69, 9.17) is 4.98 Å². The zero-order valence-corrected chi connectivity index (χ0v) is 13.6. The highest BCUT2D eigenvalue weighted by atomic mass is 32.2. The molecule has 1 heterocycles. The van der Waals surface area contributed by atoms with Crippen molar-refractivity contribution in [2.75, 3.05) is 5.75 Å². The van der Waals surface area contributed by atoms with Crippen LogP contribution in [-0.2, 0) is 0 Å². The molecule has 2 nitrogen and oxygen atoms in total. The van der Waals surface area contributed by atoms with Crippen molar-refractivity contribution < 1.29 is 5.11 Å². The van der Waals surface area contributed by atoms with Gasteiger partial charge < -0.3 is 5.11 Å². The van der Waals surface area contributed by atoms with Crippen LogP contribution in [0.4, 0.5) is 0 Å². The van der Waals surface area contributed by atoms with E-state index in [1.54, 1.807) is 11.8 Å². The molecular weight excluding hydrogens is 290 g/mol. The maximum Gasteiger partial charge on any atom is 0.0971 e. The Morgan fingerprint density at radius 3 is 2.55 bits per heavy atom. The van der Waals surface area contributed by atoms with Gasteiger partial charge >= 0.3 is 0 Å². The van der Waals surface area contributed by atoms with Gasteiger partial charge in [0.15, 0.2) is 0 Å². The summed E-state index contributed by atoms with van der Waals surface area (Å²) in [4.78, 5) is 4.75. The van der Waals surface area contributed by atoms with Gasteiger partial charge in [-0.1, -0.05) is 48.5 Å². The minimum Gasteiger partial charge on any atom is -0.388 e. The Morgan fingerprint density at radius 2 is 1.77 bits per heavy atom. The number of nitrogens with zero attached hydrogens (tertiary/aromatic N) is 1. The second kappa shape index (κ2) is 6.51. The van der Waals surface area contributed by atoms with Crippen molar-refractivity contribution in [1.29, 1.82) is 0 Å². The van der Waals surface area contributed by atoms with E-state index < -0.39 is 6.10 Å². The molecule has 1 unspecified atom stereocenters. The van der Waals surface area contributed by atoms with Crippen LogP contribution < -0.4 is 0 Å². The van der Waals surface area contributed by atoms with Gasteiger partial charge in [0, 0.05) is 11.1 Å². The third-order valence-electron chi connectivity index (χ3n) is 3.80. The van der Waals surface area contributed by atoms with Crippen LogP contribution in [0.2, 0.25) is 0 Å². The number of hydrogen-bond acceptors (Lipinski definition) is 3. The summed E-state index contributed by atoms with van der Waals surface area (Å²) in [6.07, 6.45) is -0.471. The van der Waals surface area contributed by atoms with Gasteiger partial charge in [-0.2, -0.15) is 0 Å². The largest absolute Gasteiger partial charge is 0.388 e. The highest BCUT2D eigenvalue weighted by molar-refractivity contribution is 7.99. The summed E-state index contributed by atoms with van der Waals surface area (Å²) in [5, 5.41) is 12.4. The third-order valence-corrected chi connectivity index (χ3v) is 4.79. The van der Waals surface area contributed by atoms with E-state index in [1.165, 1.54) is 16.5 Å². The molecule has 2 aromatic carbocycles. The Kier molecular flexibility index (Phi) is 4.46. The third kappa shape index (κ3) is 3.16. The lowest BCUT2D eigenvalue weighted by molar-refractivity contribution is 0.204. The molecule has 0 aliphatic rings. The minimum atomic E-state index is -0.471. The zero-order valence-electron chi connectivity index (χ0n) is 12.8. The first-order chi connectivity index (χ1) is 10.6. The number of hydrogen-bond donors (Lipinski definition) is 1. The summed E-state index contributed by atoms with van der Waals surface area (Å²) in [7, 11) is 0. The van der Waals surface area contributed by atoms with E-state index in [0.717, 1.165) is 16.1 Å². The van der Waals surface area contributed by atoms with E-state index in [9.17, 15) is 5.11 Å². The molecular formula is C19H19NOS. The lowest BCUT2D eigenvalue weighted by Gasteiger charge is -2.12. The van der Waals surface area contributed by atoms with E-state index in [-0.39, 0.29) is 0 Å². The SMILES string of the molecule is Cc1cc(SCC(O)c2ccccc2)nc2c(C)cccc12. The molecule has 0 amide bonds. The van der Waals surface area contributed by atoms with Gasteiger partial charge in [0.05, 0.1) is 16.6 Å². The summed E-state index contributed by atoms with van der Waals surface area (Å²) >= 11 is 1.60. The number of aliphatic hydroxyl groups excluding tert-OH is 1. The Morgan fingerprint density at radius 1 is 1.00 bits per heavy atom. The number of pyridine rings is 1. The van der Waals surface area contributed by atoms with Gasteiger partial charge in [0.1, 0.15) is 0 Å². The number of aromatic nitrogens is 1. The molecule has 3 aromatic rings. The summed E-state index contributed by atoms with van der Waals surface area (Å²) in [6, 6.07) is 18.1. The fraction of sp³-hybridized carbons (Fsp3) is 0.211. The van der Waals surface area contributed by atoms with Gasteiger partial charge in [0.2, 0.25) is 0 Å². The molecule has 0 aliphatic heterocycles. The Hall–Kier alpha value is -1.84. The van der Waals surface area contributed by atoms with Crippen molar-refractivity contribution in [2.24, 2.45) is 0 Å². The van der Waals surface area contributed by atoms with Crippen LogP contribution in [0.5, 0.6) is 0 Å². The monoisotopic (exact) mass is 309 g/mol. The Bertz CT molecular complexity index is 786. The average molecular weight is 309 g/mol. The van der Waals surface area contributed by atoms with E-state index in [2.05, 4.69) is 38.1 Å². The fourth-order valence-corrected chi connectivity index (χ4v) is 3.48. The second-order valence-corrected chi connectivity index (χ2v) is 6.53. The first-order valence-corrected chi connectivity index (χ1v) is 8.36. The fourth-order valence-electron chi connectivity index (χ4n) is 2.54. The van der Waals surface area contributed by atoms with Crippen molar-refractivity contribution in [2.45, 2.75) is 25.0 Å². The molecule has 0 bridgehead atoms. The highest BCUT2D eigenvalue weighted by Gasteiger charge is 2.10. The van der Waals surface area contributed by atoms with Crippen LogP contribution in [0.3, 0.4) is 0 Å². The van der Waals surface area contributed by atoms with Crippen molar-refractivity contribution in [3.63, 3.8) is 0 Å². The smallest absolute Gasteiger partial charge is 0.0971 e. The summed E-state index contributed by atoms with van der Waals surface area (Å²) in [5.74, 6) is 0.605. The first-order valence-electron chi connectivity index (χ1n) is 7.38. The molecule has 1 atom stereocenters. The van der Waals surface area contributed by atoms with Crippen LogP contribution >= 0.6 is 11.8 Å². The summed E-state index contributed by atoms with van der Waals surface area (Å²) in [5.41, 5.74) is 4.42. The summed E-state index contributed by atoms with van der Waals surface area (Å²) in [6.45, 7) is 4.20. The molecule has 0 radical (unpaired) electrons. The second-order valence-electron chi connectivity index (χ2n) is 5.49. The lowest BCUT2D eigenvalue weighted by Crippen LogP contribution is -2.00. The number of aryl methyl sites for hydroxylation is 2. The molecule has 0 aliphatic carbocycles. The number of para-hydroxylation sites is 1. The quantitative estimate of drug-likeness (QED) is 0.711. The molecule has 0 saturated carbocycles. The van der Waals surface area contributed by atoms with Crippen LogP contribution in [0.25, 0.3) is 10.9 Å². The van der Waals surface area contributed by atoms with Gasteiger partial charge in [-0.3, -0.25) is 0 Å². The van der Waals surface area contributed by atoms with Crippen LogP contribution in [0.1, 0.15) is 22.8 Å². The van der Waals surface area contributed by atoms with Crippen molar-refractivity contribution in [1.82, 2.24) is 4.98 Å². The minimum absolute atomic E-state index is 0.471. The Balaban J connectivity index is 1.81. The van der Waals surface area contributed by atoms with Gasteiger partial charge in [0.25, 0.3) is 0 Å². The van der Waals surface area contributed by atoms with E-state index in [0.29, 0.717) is 5.75 Å². The van der Waals surface area contributed by atoms with Crippen LogP contribution in [-0.4, -0.2) is 15.8 Å². The molecule has 3 rings (SSSR count). The predicted octanol–water partition coefficient (Wildman–Crippen LogP) is 4.68. The number of rotatable bonds is 4. The highest BCUT2D eigenvalue weighted by Crippen LogP contribution is 2.28. The van der Waals surface area contributed by atoms with Crippen molar-refractivity contribution in [3.05, 3.63) is 71.3 Å². The first kappa shape index (κ1) is 15.1. The molecule has 1 aromatic heterocycles. The normalized spacial score (nSPS) is 12.5. The van der Waals surface area contributed by atoms with Gasteiger partial charge in [-0.15, -0.1) is 11.8 Å². The topological polar surface area (TPSA) is 33.1 Å². The van der Waals surface area contributed by atoms with E-state index >= 15 is 0 Å². The standard InChI is InChI=1S/C19H19NOS/c1-13-7-6-10-16-14(2)11-18(20-19(13)16)22-12-17(21)15-8-4-3-5-9-15/h3-11,17,21H,12H2,1-2H3. The molecule has 22 heavy (non-hydrogen) atoms. The molecule has 3 heteroatoms. The van der Waals surface area contributed by atoms with Crippen molar-refractivity contribution >= 4 is 22.7 Å². The zero-order chi connectivity index (χ0) is 15.5. The van der Waals surface area contributed by atoms with Crippen molar-refractivity contribution in [3.8, 4) is 0 Å². The average Bonchev–Trinajstić information content (AvgIpc) is 2.54. The lowest BCUT2D eigenvalue weighted by atomic mass is 10.1.